The Morgan fingerprint density at radius 3 is 2.91 bits per heavy atom. The maximum absolute atomic E-state index is 9.38. The maximum atomic E-state index is 9.38. The minimum atomic E-state index is -0.133. The summed E-state index contributed by atoms with van der Waals surface area (Å²) in [5.41, 5.74) is 4.01. The Morgan fingerprint density at radius 1 is 1.36 bits per heavy atom. The molecule has 11 heavy (non-hydrogen) atoms. The number of aryl methyl sites for hydroxylation is 1. The molecule has 0 saturated carbocycles. The fourth-order valence-electron chi connectivity index (χ4n) is 1.81. The highest BCUT2D eigenvalue weighted by molar-refractivity contribution is 5.38. The fraction of sp³-hybridized carbons (Fsp3) is 0.400. The van der Waals surface area contributed by atoms with Crippen molar-refractivity contribution in [2.45, 2.75) is 25.9 Å². The zero-order valence-corrected chi connectivity index (χ0v) is 6.67. The summed E-state index contributed by atoms with van der Waals surface area (Å²) in [6.07, 6.45) is 1.56. The molecule has 0 radical (unpaired) electrons. The van der Waals surface area contributed by atoms with Gasteiger partial charge in [0.05, 0.1) is 6.10 Å². The summed E-state index contributed by atoms with van der Waals surface area (Å²) in [6, 6.07) is 6.28. The van der Waals surface area contributed by atoms with Crippen molar-refractivity contribution in [1.29, 1.82) is 0 Å². The Hall–Kier alpha value is -0.820. The van der Waals surface area contributed by atoms with Crippen molar-refractivity contribution in [3.05, 3.63) is 34.9 Å². The number of rotatable bonds is 0. The molecule has 1 aliphatic carbocycles. The van der Waals surface area contributed by atoms with Crippen LogP contribution >= 0.6 is 0 Å². The van der Waals surface area contributed by atoms with Crippen molar-refractivity contribution < 1.29 is 5.11 Å². The van der Waals surface area contributed by atoms with Gasteiger partial charge in [-0.15, -0.1) is 0 Å². The lowest BCUT2D eigenvalue weighted by atomic mass is 10.1. The highest BCUT2D eigenvalue weighted by Gasteiger charge is 2.19. The number of aliphatic hydroxyl groups excluding tert-OH is 1. The fourth-order valence-corrected chi connectivity index (χ4v) is 1.81. The smallest absolute Gasteiger partial charge is 0.0621 e. The van der Waals surface area contributed by atoms with E-state index in [1.807, 2.05) is 0 Å². The molecule has 0 spiro atoms. The van der Waals surface area contributed by atoms with Crippen LogP contribution in [0.3, 0.4) is 0 Å². The highest BCUT2D eigenvalue weighted by Crippen LogP contribution is 2.24. The van der Waals surface area contributed by atoms with Gasteiger partial charge in [0.25, 0.3) is 0 Å². The number of fused-ring (bicyclic) bond motifs is 1. The second-order valence-corrected chi connectivity index (χ2v) is 3.27. The van der Waals surface area contributed by atoms with Gasteiger partial charge in [-0.3, -0.25) is 0 Å². The molecular formula is C10H12O. The monoisotopic (exact) mass is 148 g/mol. The first-order valence-corrected chi connectivity index (χ1v) is 4.03. The number of hydrogen-bond acceptors (Lipinski definition) is 1. The van der Waals surface area contributed by atoms with Crippen LogP contribution in [0.4, 0.5) is 0 Å². The van der Waals surface area contributed by atoms with Crippen LogP contribution in [0.15, 0.2) is 18.2 Å². The Kier molecular flexibility index (Phi) is 1.46. The average molecular weight is 148 g/mol. The van der Waals surface area contributed by atoms with E-state index >= 15 is 0 Å². The molecule has 1 aromatic carbocycles. The maximum Gasteiger partial charge on any atom is 0.0621 e. The van der Waals surface area contributed by atoms with Gasteiger partial charge in [0.2, 0.25) is 0 Å². The molecule has 2 rings (SSSR count). The summed E-state index contributed by atoms with van der Waals surface area (Å²) in [7, 11) is 0. The van der Waals surface area contributed by atoms with E-state index in [0.717, 1.165) is 12.8 Å². The van der Waals surface area contributed by atoms with E-state index in [1.54, 1.807) is 0 Å². The molecule has 1 aromatic rings. The summed E-state index contributed by atoms with van der Waals surface area (Å²) in [5, 5.41) is 9.38. The van der Waals surface area contributed by atoms with E-state index in [2.05, 4.69) is 25.1 Å². The Bertz CT molecular complexity index is 278. The molecule has 58 valence electrons. The third kappa shape index (κ3) is 1.05. The molecule has 1 nitrogen and oxygen atoms in total. The summed E-state index contributed by atoms with van der Waals surface area (Å²) >= 11 is 0. The van der Waals surface area contributed by atoms with E-state index < -0.39 is 0 Å². The van der Waals surface area contributed by atoms with Gasteiger partial charge in [-0.2, -0.15) is 0 Å². The van der Waals surface area contributed by atoms with Crippen LogP contribution < -0.4 is 0 Å². The van der Waals surface area contributed by atoms with Crippen LogP contribution in [0.5, 0.6) is 0 Å². The van der Waals surface area contributed by atoms with E-state index in [4.69, 9.17) is 0 Å². The van der Waals surface area contributed by atoms with Gasteiger partial charge in [0.15, 0.2) is 0 Å². The van der Waals surface area contributed by atoms with Crippen molar-refractivity contribution in [2.75, 3.05) is 0 Å². The summed E-state index contributed by atoms with van der Waals surface area (Å²) < 4.78 is 0. The molecule has 0 saturated heterocycles. The topological polar surface area (TPSA) is 20.2 Å². The van der Waals surface area contributed by atoms with E-state index in [1.165, 1.54) is 16.7 Å². The molecule has 1 unspecified atom stereocenters. The molecule has 1 N–H and O–H groups in total. The third-order valence-corrected chi connectivity index (χ3v) is 2.40. The van der Waals surface area contributed by atoms with Gasteiger partial charge in [0.1, 0.15) is 0 Å². The molecule has 0 aromatic heterocycles. The number of aliphatic hydroxyl groups is 1. The molecule has 0 fully saturated rings. The second kappa shape index (κ2) is 2.35. The average Bonchev–Trinajstić information content (AvgIpc) is 2.31. The summed E-state index contributed by atoms with van der Waals surface area (Å²) in [5.74, 6) is 0. The number of benzene rings is 1. The first kappa shape index (κ1) is 6.86. The molecule has 0 amide bonds. The molecule has 1 aliphatic rings. The molecule has 0 bridgehead atoms. The lowest BCUT2D eigenvalue weighted by Crippen LogP contribution is -2.03. The highest BCUT2D eigenvalue weighted by atomic mass is 16.3. The largest absolute Gasteiger partial charge is 0.392 e. The van der Waals surface area contributed by atoms with Gasteiger partial charge < -0.3 is 5.11 Å². The minimum Gasteiger partial charge on any atom is -0.392 e. The van der Waals surface area contributed by atoms with Crippen LogP contribution in [0, 0.1) is 6.92 Å². The lowest BCUT2D eigenvalue weighted by molar-refractivity contribution is 0.187. The zero-order chi connectivity index (χ0) is 7.84. The summed E-state index contributed by atoms with van der Waals surface area (Å²) in [4.78, 5) is 0. The molecule has 1 atom stereocenters. The van der Waals surface area contributed by atoms with Crippen LogP contribution in [0.1, 0.15) is 16.7 Å². The predicted molar refractivity (Wildman–Crippen MR) is 44.6 cm³/mol. The van der Waals surface area contributed by atoms with Gasteiger partial charge in [-0.05, 0) is 36.5 Å². The lowest BCUT2D eigenvalue weighted by Gasteiger charge is -2.00. The van der Waals surface area contributed by atoms with Crippen LogP contribution in [-0.4, -0.2) is 11.2 Å². The van der Waals surface area contributed by atoms with Crippen molar-refractivity contribution in [3.8, 4) is 0 Å². The van der Waals surface area contributed by atoms with Gasteiger partial charge in [-0.1, -0.05) is 18.2 Å². The van der Waals surface area contributed by atoms with Crippen molar-refractivity contribution in [3.63, 3.8) is 0 Å². The van der Waals surface area contributed by atoms with Crippen molar-refractivity contribution in [1.82, 2.24) is 0 Å². The standard InChI is InChI=1S/C10H12O/c1-7-3-2-4-8-5-9(11)6-10(7)8/h2-4,9,11H,5-6H2,1H3. The van der Waals surface area contributed by atoms with Crippen molar-refractivity contribution in [2.24, 2.45) is 0 Å². The van der Waals surface area contributed by atoms with Crippen molar-refractivity contribution >= 4 is 0 Å². The van der Waals surface area contributed by atoms with E-state index in [9.17, 15) is 5.11 Å². The van der Waals surface area contributed by atoms with Crippen LogP contribution in [0.2, 0.25) is 0 Å². The van der Waals surface area contributed by atoms with Gasteiger partial charge in [0, 0.05) is 0 Å². The molecule has 0 heterocycles. The zero-order valence-electron chi connectivity index (χ0n) is 6.67. The SMILES string of the molecule is Cc1cccc2c1CC(O)C2. The second-order valence-electron chi connectivity index (χ2n) is 3.27. The van der Waals surface area contributed by atoms with Crippen LogP contribution in [-0.2, 0) is 12.8 Å². The summed E-state index contributed by atoms with van der Waals surface area (Å²) in [6.45, 7) is 2.11. The van der Waals surface area contributed by atoms with Gasteiger partial charge >= 0.3 is 0 Å². The normalized spacial score (nSPS) is 21.8. The third-order valence-electron chi connectivity index (χ3n) is 2.40. The Morgan fingerprint density at radius 2 is 2.18 bits per heavy atom. The number of hydrogen-bond donors (Lipinski definition) is 1. The van der Waals surface area contributed by atoms with E-state index in [0.29, 0.717) is 0 Å². The Balaban J connectivity index is 2.49. The molecule has 1 heteroatoms. The first-order valence-electron chi connectivity index (χ1n) is 4.03. The van der Waals surface area contributed by atoms with E-state index in [-0.39, 0.29) is 6.10 Å². The predicted octanol–water partition coefficient (Wildman–Crippen LogP) is 1.45. The van der Waals surface area contributed by atoms with Crippen LogP contribution in [0.25, 0.3) is 0 Å². The first-order chi connectivity index (χ1) is 5.27. The Labute approximate surface area is 66.7 Å². The molecular weight excluding hydrogens is 136 g/mol. The minimum absolute atomic E-state index is 0.133. The van der Waals surface area contributed by atoms with Gasteiger partial charge in [-0.25, -0.2) is 0 Å². The molecule has 0 aliphatic heterocycles. The quantitative estimate of drug-likeness (QED) is 0.590.